The summed E-state index contributed by atoms with van der Waals surface area (Å²) in [5.41, 5.74) is 1.24. The van der Waals surface area contributed by atoms with Gasteiger partial charge >= 0.3 is 23.9 Å². The molecule has 0 unspecified atom stereocenters. The third kappa shape index (κ3) is 5.91. The zero-order valence-corrected chi connectivity index (χ0v) is 16.4. The molecule has 8 nitrogen and oxygen atoms in total. The molecular formula is C21H24O8. The number of hydrogen-bond donors (Lipinski definition) is 1. The average molecular weight is 404 g/mol. The molecule has 0 radical (unpaired) electrons. The topological polar surface area (TPSA) is 116 Å². The van der Waals surface area contributed by atoms with Crippen molar-refractivity contribution in [1.29, 1.82) is 0 Å². The Hall–Kier alpha value is -3.16. The van der Waals surface area contributed by atoms with Crippen molar-refractivity contribution in [2.24, 2.45) is 11.8 Å². The van der Waals surface area contributed by atoms with Gasteiger partial charge < -0.3 is 19.3 Å². The van der Waals surface area contributed by atoms with Crippen LogP contribution in [0.2, 0.25) is 0 Å². The minimum atomic E-state index is -0.826. The smallest absolute Gasteiger partial charge is 0.349 e. The Balaban J connectivity index is 1.97. The molecule has 1 aromatic carbocycles. The molecule has 1 aliphatic carbocycles. The maximum atomic E-state index is 12.4. The lowest BCUT2D eigenvalue weighted by atomic mass is 9.82. The quantitative estimate of drug-likeness (QED) is 0.419. The molecule has 1 aromatic rings. The highest BCUT2D eigenvalue weighted by Gasteiger charge is 2.31. The molecule has 0 aliphatic heterocycles. The van der Waals surface area contributed by atoms with Gasteiger partial charge in [0.1, 0.15) is 11.5 Å². The van der Waals surface area contributed by atoms with Crippen LogP contribution >= 0.6 is 0 Å². The number of rotatable bonds is 7. The third-order valence-corrected chi connectivity index (χ3v) is 5.03. The van der Waals surface area contributed by atoms with Crippen LogP contribution in [0.5, 0.6) is 11.5 Å². The maximum absolute atomic E-state index is 12.4. The van der Waals surface area contributed by atoms with Gasteiger partial charge in [-0.15, -0.1) is 0 Å². The number of ether oxygens (including phenoxy) is 3. The van der Waals surface area contributed by atoms with E-state index in [2.05, 4.69) is 11.3 Å². The highest BCUT2D eigenvalue weighted by molar-refractivity contribution is 5.84. The number of carboxylic acid groups (broad SMARTS) is 1. The molecule has 0 heterocycles. The minimum absolute atomic E-state index is 0.268. The summed E-state index contributed by atoms with van der Waals surface area (Å²) >= 11 is 0. The van der Waals surface area contributed by atoms with Crippen LogP contribution in [0.1, 0.15) is 36.8 Å². The second-order valence-electron chi connectivity index (χ2n) is 6.91. The zero-order chi connectivity index (χ0) is 21.6. The lowest BCUT2D eigenvalue weighted by molar-refractivity contribution is -0.150. The van der Waals surface area contributed by atoms with Gasteiger partial charge in [-0.3, -0.25) is 9.59 Å². The standard InChI is InChI=1S/C21H24O8/c1-4-18(22)27-11-19(23)28-16-9-10-17(13(3)12(16)2)29-21(26)15-7-5-14(6-8-15)20(24)25/h4,9-10,14-15H,1,5-8,11H2,2-3H3,(H,24,25). The fourth-order valence-electron chi connectivity index (χ4n) is 3.10. The molecule has 1 N–H and O–H groups in total. The average Bonchev–Trinajstić information content (AvgIpc) is 2.71. The molecule has 0 atom stereocenters. The highest BCUT2D eigenvalue weighted by atomic mass is 16.6. The molecule has 0 aromatic heterocycles. The first-order valence-electron chi connectivity index (χ1n) is 9.27. The van der Waals surface area contributed by atoms with Crippen molar-refractivity contribution in [2.45, 2.75) is 39.5 Å². The summed E-state index contributed by atoms with van der Waals surface area (Å²) in [5, 5.41) is 9.05. The molecule has 1 fully saturated rings. The van der Waals surface area contributed by atoms with Crippen LogP contribution in [-0.2, 0) is 23.9 Å². The van der Waals surface area contributed by atoms with Crippen molar-refractivity contribution in [2.75, 3.05) is 6.61 Å². The summed E-state index contributed by atoms with van der Waals surface area (Å²) in [4.78, 5) is 46.2. The second kappa shape index (κ2) is 9.86. The molecule has 0 spiro atoms. The van der Waals surface area contributed by atoms with E-state index < -0.39 is 36.4 Å². The molecule has 0 saturated heterocycles. The SMILES string of the molecule is C=CC(=O)OCC(=O)Oc1ccc(OC(=O)C2CCC(C(=O)O)CC2)c(C)c1C. The van der Waals surface area contributed by atoms with Crippen molar-refractivity contribution < 1.29 is 38.5 Å². The third-order valence-electron chi connectivity index (χ3n) is 5.03. The van der Waals surface area contributed by atoms with Gasteiger partial charge in [-0.05, 0) is 62.8 Å². The number of carbonyl (C=O) groups excluding carboxylic acids is 3. The van der Waals surface area contributed by atoms with Crippen LogP contribution in [0.4, 0.5) is 0 Å². The van der Waals surface area contributed by atoms with Gasteiger partial charge in [-0.2, -0.15) is 0 Å². The van der Waals surface area contributed by atoms with Crippen molar-refractivity contribution in [3.8, 4) is 11.5 Å². The molecule has 2 rings (SSSR count). The van der Waals surface area contributed by atoms with Gasteiger partial charge in [0.2, 0.25) is 0 Å². The number of carbonyl (C=O) groups is 4. The first-order valence-corrected chi connectivity index (χ1v) is 9.27. The fraction of sp³-hybridized carbons (Fsp3) is 0.429. The van der Waals surface area contributed by atoms with Crippen LogP contribution in [0.25, 0.3) is 0 Å². The summed E-state index contributed by atoms with van der Waals surface area (Å²) in [5.74, 6) is -2.80. The van der Waals surface area contributed by atoms with Gasteiger partial charge in [-0.1, -0.05) is 6.58 Å². The molecular weight excluding hydrogens is 380 g/mol. The lowest BCUT2D eigenvalue weighted by Crippen LogP contribution is -2.28. The Labute approximate surface area is 168 Å². The van der Waals surface area contributed by atoms with Crippen LogP contribution in [0.3, 0.4) is 0 Å². The van der Waals surface area contributed by atoms with E-state index in [4.69, 9.17) is 14.6 Å². The van der Waals surface area contributed by atoms with Crippen LogP contribution in [0, 0.1) is 25.7 Å². The highest BCUT2D eigenvalue weighted by Crippen LogP contribution is 2.33. The molecule has 0 amide bonds. The Morgan fingerprint density at radius 1 is 1.00 bits per heavy atom. The summed E-state index contributed by atoms with van der Waals surface area (Å²) in [6.45, 7) is 6.13. The molecule has 156 valence electrons. The van der Waals surface area contributed by atoms with Crippen molar-refractivity contribution in [3.05, 3.63) is 35.9 Å². The van der Waals surface area contributed by atoms with Crippen molar-refractivity contribution >= 4 is 23.9 Å². The number of esters is 3. The monoisotopic (exact) mass is 404 g/mol. The van der Waals surface area contributed by atoms with E-state index in [0.717, 1.165) is 6.08 Å². The van der Waals surface area contributed by atoms with E-state index in [-0.39, 0.29) is 11.7 Å². The predicted octanol–water partition coefficient (Wildman–Crippen LogP) is 2.73. The molecule has 1 saturated carbocycles. The van der Waals surface area contributed by atoms with E-state index >= 15 is 0 Å². The van der Waals surface area contributed by atoms with Gasteiger partial charge in [0.05, 0.1) is 11.8 Å². The van der Waals surface area contributed by atoms with Crippen molar-refractivity contribution in [3.63, 3.8) is 0 Å². The van der Waals surface area contributed by atoms with Gasteiger partial charge in [0.25, 0.3) is 0 Å². The van der Waals surface area contributed by atoms with E-state index in [9.17, 15) is 19.2 Å². The normalized spacial score (nSPS) is 18.4. The Morgan fingerprint density at radius 2 is 1.52 bits per heavy atom. The predicted molar refractivity (Wildman–Crippen MR) is 101 cm³/mol. The molecule has 1 aliphatic rings. The summed E-state index contributed by atoms with van der Waals surface area (Å²) < 4.78 is 15.3. The van der Waals surface area contributed by atoms with Crippen LogP contribution in [-0.4, -0.2) is 35.6 Å². The van der Waals surface area contributed by atoms with Crippen LogP contribution < -0.4 is 9.47 Å². The summed E-state index contributed by atoms with van der Waals surface area (Å²) in [7, 11) is 0. The number of benzene rings is 1. The van der Waals surface area contributed by atoms with E-state index in [1.54, 1.807) is 13.8 Å². The Kier molecular flexibility index (Phi) is 7.52. The van der Waals surface area contributed by atoms with Gasteiger partial charge in [0.15, 0.2) is 6.61 Å². The molecule has 8 heteroatoms. The summed E-state index contributed by atoms with van der Waals surface area (Å²) in [6, 6.07) is 3.03. The van der Waals surface area contributed by atoms with Crippen LogP contribution in [0.15, 0.2) is 24.8 Å². The van der Waals surface area contributed by atoms with E-state index in [1.807, 2.05) is 0 Å². The summed E-state index contributed by atoms with van der Waals surface area (Å²) in [6.07, 6.45) is 2.82. The maximum Gasteiger partial charge on any atom is 0.349 e. The zero-order valence-electron chi connectivity index (χ0n) is 16.4. The number of carboxylic acids is 1. The van der Waals surface area contributed by atoms with E-state index in [1.165, 1.54) is 12.1 Å². The Morgan fingerprint density at radius 3 is 2.03 bits per heavy atom. The van der Waals surface area contributed by atoms with Gasteiger partial charge in [0, 0.05) is 6.08 Å². The van der Waals surface area contributed by atoms with Crippen molar-refractivity contribution in [1.82, 2.24) is 0 Å². The van der Waals surface area contributed by atoms with Gasteiger partial charge in [-0.25, -0.2) is 9.59 Å². The fourth-order valence-corrected chi connectivity index (χ4v) is 3.10. The molecule has 29 heavy (non-hydrogen) atoms. The number of aliphatic carboxylic acids is 1. The number of hydrogen-bond acceptors (Lipinski definition) is 7. The Bertz CT molecular complexity index is 818. The van der Waals surface area contributed by atoms with E-state index in [0.29, 0.717) is 42.6 Å². The second-order valence-corrected chi connectivity index (χ2v) is 6.91. The minimum Gasteiger partial charge on any atom is -0.481 e. The molecule has 0 bridgehead atoms. The largest absolute Gasteiger partial charge is 0.481 e. The first kappa shape index (κ1) is 22.1. The first-order chi connectivity index (χ1) is 13.7. The lowest BCUT2D eigenvalue weighted by Gasteiger charge is -2.24.